The van der Waals surface area contributed by atoms with Crippen molar-refractivity contribution in [2.24, 2.45) is 0 Å². The van der Waals surface area contributed by atoms with Crippen LogP contribution < -0.4 is 4.74 Å². The Kier molecular flexibility index (Phi) is 5.79. The average molecular weight is 374 g/mol. The van der Waals surface area contributed by atoms with Gasteiger partial charge in [0.25, 0.3) is 0 Å². The molecule has 0 aliphatic rings. The van der Waals surface area contributed by atoms with Gasteiger partial charge in [-0.05, 0) is 52.9 Å². The van der Waals surface area contributed by atoms with Crippen LogP contribution in [0.2, 0.25) is 0 Å². The van der Waals surface area contributed by atoms with E-state index in [0.29, 0.717) is 5.56 Å². The van der Waals surface area contributed by atoms with Crippen molar-refractivity contribution in [3.05, 3.63) is 89.0 Å². The van der Waals surface area contributed by atoms with Crippen molar-refractivity contribution < 1.29 is 22.3 Å². The molecule has 0 fully saturated rings. The van der Waals surface area contributed by atoms with E-state index in [1.54, 1.807) is 6.07 Å². The second-order valence-corrected chi connectivity index (χ2v) is 6.25. The lowest BCUT2D eigenvalue weighted by Gasteiger charge is -2.10. The average Bonchev–Trinajstić information content (AvgIpc) is 2.66. The van der Waals surface area contributed by atoms with Gasteiger partial charge in [0.2, 0.25) is 0 Å². The lowest BCUT2D eigenvalue weighted by atomic mass is 10.0. The summed E-state index contributed by atoms with van der Waals surface area (Å²) in [4.78, 5) is 0. The number of rotatable bonds is 6. The first-order valence-electron chi connectivity index (χ1n) is 8.63. The van der Waals surface area contributed by atoms with Gasteiger partial charge in [0.1, 0.15) is 6.61 Å². The first-order chi connectivity index (χ1) is 13.0. The Morgan fingerprint density at radius 2 is 1.33 bits per heavy atom. The molecule has 140 valence electrons. The van der Waals surface area contributed by atoms with E-state index in [4.69, 9.17) is 4.74 Å². The Hall–Kier alpha value is -2.82. The summed E-state index contributed by atoms with van der Waals surface area (Å²) in [6.07, 6.45) is 2.05. The third kappa shape index (κ3) is 4.48. The molecule has 0 heterocycles. The molecule has 0 bridgehead atoms. The topological polar surface area (TPSA) is 9.23 Å². The maximum Gasteiger partial charge on any atom is 0.194 e. The highest BCUT2D eigenvalue weighted by molar-refractivity contribution is 5.64. The largest absolute Gasteiger partial charge is 0.486 e. The van der Waals surface area contributed by atoms with E-state index in [0.717, 1.165) is 30.5 Å². The second-order valence-electron chi connectivity index (χ2n) is 6.25. The van der Waals surface area contributed by atoms with Crippen LogP contribution in [0, 0.1) is 23.3 Å². The highest BCUT2D eigenvalue weighted by Gasteiger charge is 2.12. The normalized spacial score (nSPS) is 10.9. The maximum absolute atomic E-state index is 14.3. The second kappa shape index (κ2) is 8.25. The zero-order valence-electron chi connectivity index (χ0n) is 14.7. The number of ether oxygens (including phenoxy) is 1. The summed E-state index contributed by atoms with van der Waals surface area (Å²) in [6, 6.07) is 14.0. The lowest BCUT2D eigenvalue weighted by molar-refractivity contribution is 0.288. The van der Waals surface area contributed by atoms with E-state index in [-0.39, 0.29) is 17.9 Å². The molecule has 0 unspecified atom stereocenters. The van der Waals surface area contributed by atoms with Gasteiger partial charge in [-0.1, -0.05) is 43.7 Å². The van der Waals surface area contributed by atoms with Crippen molar-refractivity contribution in [2.75, 3.05) is 0 Å². The lowest BCUT2D eigenvalue weighted by Crippen LogP contribution is -2.01. The van der Waals surface area contributed by atoms with Crippen LogP contribution in [-0.2, 0) is 13.0 Å². The van der Waals surface area contributed by atoms with Gasteiger partial charge in [-0.2, -0.15) is 0 Å². The fourth-order valence-electron chi connectivity index (χ4n) is 2.80. The summed E-state index contributed by atoms with van der Waals surface area (Å²) < 4.78 is 59.0. The van der Waals surface area contributed by atoms with Crippen LogP contribution >= 0.6 is 0 Å². The van der Waals surface area contributed by atoms with E-state index >= 15 is 0 Å². The molecule has 1 nitrogen and oxygen atoms in total. The van der Waals surface area contributed by atoms with E-state index in [9.17, 15) is 17.6 Å². The smallest absolute Gasteiger partial charge is 0.194 e. The van der Waals surface area contributed by atoms with Crippen LogP contribution in [0.5, 0.6) is 5.75 Å². The zero-order valence-corrected chi connectivity index (χ0v) is 14.7. The molecule has 0 spiro atoms. The van der Waals surface area contributed by atoms with Gasteiger partial charge in [-0.3, -0.25) is 0 Å². The number of hydrogen-bond donors (Lipinski definition) is 0. The maximum atomic E-state index is 14.3. The molecule has 0 saturated heterocycles. The SMILES string of the molecule is CCCc1ccc(-c2ccc(OCc3cc(F)c(F)c(F)c3)c(F)c2)cc1. The molecule has 0 saturated carbocycles. The van der Waals surface area contributed by atoms with Crippen molar-refractivity contribution >= 4 is 0 Å². The predicted octanol–water partition coefficient (Wildman–Crippen LogP) is 6.44. The van der Waals surface area contributed by atoms with Crippen molar-refractivity contribution in [1.82, 2.24) is 0 Å². The van der Waals surface area contributed by atoms with Gasteiger partial charge >= 0.3 is 0 Å². The van der Waals surface area contributed by atoms with Crippen molar-refractivity contribution in [3.8, 4) is 16.9 Å². The minimum absolute atomic E-state index is 0.0495. The summed E-state index contributed by atoms with van der Waals surface area (Å²) in [5, 5.41) is 0. The van der Waals surface area contributed by atoms with E-state index in [1.165, 1.54) is 17.7 Å². The van der Waals surface area contributed by atoms with Crippen LogP contribution in [0.1, 0.15) is 24.5 Å². The van der Waals surface area contributed by atoms with Crippen LogP contribution in [0.15, 0.2) is 54.6 Å². The number of benzene rings is 3. The van der Waals surface area contributed by atoms with Crippen LogP contribution in [-0.4, -0.2) is 0 Å². The Bertz CT molecular complexity index is 913. The first-order valence-corrected chi connectivity index (χ1v) is 8.63. The molecular formula is C22H18F4O. The molecule has 5 heteroatoms. The predicted molar refractivity (Wildman–Crippen MR) is 96.5 cm³/mol. The zero-order chi connectivity index (χ0) is 19.4. The van der Waals surface area contributed by atoms with Gasteiger partial charge in [0.05, 0.1) is 0 Å². The van der Waals surface area contributed by atoms with Crippen LogP contribution in [0.4, 0.5) is 17.6 Å². The Balaban J connectivity index is 1.73. The van der Waals surface area contributed by atoms with Gasteiger partial charge in [-0.25, -0.2) is 17.6 Å². The van der Waals surface area contributed by atoms with E-state index < -0.39 is 23.3 Å². The minimum Gasteiger partial charge on any atom is -0.486 e. The number of hydrogen-bond acceptors (Lipinski definition) is 1. The molecule has 0 aromatic heterocycles. The summed E-state index contributed by atoms with van der Waals surface area (Å²) in [5.74, 6) is -4.80. The summed E-state index contributed by atoms with van der Waals surface area (Å²) in [5.41, 5.74) is 2.87. The molecule has 0 N–H and O–H groups in total. The summed E-state index contributed by atoms with van der Waals surface area (Å²) >= 11 is 0. The molecule has 3 aromatic rings. The van der Waals surface area contributed by atoms with Gasteiger partial charge in [0, 0.05) is 0 Å². The third-order valence-electron chi connectivity index (χ3n) is 4.20. The van der Waals surface area contributed by atoms with Crippen LogP contribution in [0.25, 0.3) is 11.1 Å². The van der Waals surface area contributed by atoms with Crippen LogP contribution in [0.3, 0.4) is 0 Å². The first kappa shape index (κ1) is 19.0. The van der Waals surface area contributed by atoms with Crippen molar-refractivity contribution in [2.45, 2.75) is 26.4 Å². The molecule has 0 aliphatic carbocycles. The highest BCUT2D eigenvalue weighted by atomic mass is 19.2. The van der Waals surface area contributed by atoms with Gasteiger partial charge < -0.3 is 4.74 Å². The number of aryl methyl sites for hydroxylation is 1. The molecule has 3 rings (SSSR count). The quantitative estimate of drug-likeness (QED) is 0.356. The Morgan fingerprint density at radius 3 is 1.93 bits per heavy atom. The fraction of sp³-hybridized carbons (Fsp3) is 0.182. The van der Waals surface area contributed by atoms with E-state index in [2.05, 4.69) is 6.92 Å². The molecule has 0 aliphatic heterocycles. The molecule has 0 radical (unpaired) electrons. The Morgan fingerprint density at radius 1 is 0.704 bits per heavy atom. The van der Waals surface area contributed by atoms with Crippen molar-refractivity contribution in [3.63, 3.8) is 0 Å². The number of halogens is 4. The monoisotopic (exact) mass is 374 g/mol. The minimum atomic E-state index is -1.54. The van der Waals surface area contributed by atoms with E-state index in [1.807, 2.05) is 24.3 Å². The molecule has 0 atom stereocenters. The summed E-state index contributed by atoms with van der Waals surface area (Å²) in [7, 11) is 0. The molecule has 3 aromatic carbocycles. The van der Waals surface area contributed by atoms with Gasteiger partial charge in [-0.15, -0.1) is 0 Å². The highest BCUT2D eigenvalue weighted by Crippen LogP contribution is 2.27. The fourth-order valence-corrected chi connectivity index (χ4v) is 2.80. The Labute approximate surface area is 155 Å². The third-order valence-corrected chi connectivity index (χ3v) is 4.20. The molecule has 0 amide bonds. The van der Waals surface area contributed by atoms with Gasteiger partial charge in [0.15, 0.2) is 29.0 Å². The molecule has 27 heavy (non-hydrogen) atoms. The summed E-state index contributed by atoms with van der Waals surface area (Å²) in [6.45, 7) is 1.83. The molecular weight excluding hydrogens is 356 g/mol. The van der Waals surface area contributed by atoms with Crippen molar-refractivity contribution in [1.29, 1.82) is 0 Å². The standard InChI is InChI=1S/C22H18F4O/c1-2-3-14-4-6-16(7-5-14)17-8-9-21(18(23)12-17)27-13-15-10-19(24)22(26)20(25)11-15/h4-12H,2-3,13H2,1H3.